The number of nitrogen functional groups attached to an aromatic ring is 1. The van der Waals surface area contributed by atoms with Crippen LogP contribution in [0.15, 0.2) is 29.2 Å². The van der Waals surface area contributed by atoms with Crippen LogP contribution in [-0.2, 0) is 14.8 Å². The number of nitrogens with zero attached hydrogens (tertiary/aromatic N) is 1. The van der Waals surface area contributed by atoms with Crippen LogP contribution in [0.5, 0.6) is 0 Å². The Kier molecular flexibility index (Phi) is 3.48. The van der Waals surface area contributed by atoms with Crippen molar-refractivity contribution < 1.29 is 13.2 Å². The largest absolute Gasteiger partial charge is 0.399 e. The maximum absolute atomic E-state index is 12.7. The molecular weight excluding hydrogens is 276 g/mol. The van der Waals surface area contributed by atoms with E-state index in [1.807, 2.05) is 0 Å². The Bertz CT molecular complexity index is 577. The van der Waals surface area contributed by atoms with Crippen molar-refractivity contribution >= 4 is 15.7 Å². The molecule has 1 aliphatic heterocycles. The molecule has 1 aromatic rings. The standard InChI is InChI=1S/C14H20N2O3S/c15-12-3-5-13(6-4-12)20(17,18)16-9-10-19-14(11-16)7-1-2-8-14/h3-6H,1-2,7-11,15H2. The van der Waals surface area contributed by atoms with Crippen LogP contribution in [0.1, 0.15) is 25.7 Å². The number of ether oxygens (including phenoxy) is 1. The molecule has 1 saturated carbocycles. The number of hydrogen-bond donors (Lipinski definition) is 1. The molecule has 0 aromatic heterocycles. The average Bonchev–Trinajstić information content (AvgIpc) is 2.87. The molecule has 0 amide bonds. The van der Waals surface area contributed by atoms with Crippen molar-refractivity contribution in [2.24, 2.45) is 0 Å². The third-order valence-electron chi connectivity index (χ3n) is 4.25. The van der Waals surface area contributed by atoms with E-state index in [1.165, 1.54) is 0 Å². The van der Waals surface area contributed by atoms with Gasteiger partial charge in [-0.2, -0.15) is 4.31 Å². The lowest BCUT2D eigenvalue weighted by Crippen LogP contribution is -2.52. The highest BCUT2D eigenvalue weighted by molar-refractivity contribution is 7.89. The van der Waals surface area contributed by atoms with Crippen molar-refractivity contribution in [1.82, 2.24) is 4.31 Å². The van der Waals surface area contributed by atoms with Gasteiger partial charge >= 0.3 is 0 Å². The first-order valence-electron chi connectivity index (χ1n) is 7.02. The summed E-state index contributed by atoms with van der Waals surface area (Å²) in [5, 5.41) is 0. The summed E-state index contributed by atoms with van der Waals surface area (Å²) in [6.07, 6.45) is 4.16. The molecule has 3 rings (SSSR count). The van der Waals surface area contributed by atoms with E-state index in [9.17, 15) is 8.42 Å². The molecule has 6 heteroatoms. The van der Waals surface area contributed by atoms with Crippen molar-refractivity contribution in [2.45, 2.75) is 36.2 Å². The van der Waals surface area contributed by atoms with Gasteiger partial charge < -0.3 is 10.5 Å². The molecule has 1 heterocycles. The van der Waals surface area contributed by atoms with Crippen LogP contribution in [0, 0.1) is 0 Å². The lowest BCUT2D eigenvalue weighted by atomic mass is 10.0. The highest BCUT2D eigenvalue weighted by Crippen LogP contribution is 2.37. The quantitative estimate of drug-likeness (QED) is 0.841. The molecule has 110 valence electrons. The summed E-state index contributed by atoms with van der Waals surface area (Å²) in [4.78, 5) is 0.307. The van der Waals surface area contributed by atoms with Crippen molar-refractivity contribution in [3.05, 3.63) is 24.3 Å². The Balaban J connectivity index is 1.85. The summed E-state index contributed by atoms with van der Waals surface area (Å²) in [5.74, 6) is 0. The summed E-state index contributed by atoms with van der Waals surface area (Å²) >= 11 is 0. The molecule has 1 aliphatic carbocycles. The van der Waals surface area contributed by atoms with Crippen LogP contribution < -0.4 is 5.73 Å². The molecule has 0 atom stereocenters. The SMILES string of the molecule is Nc1ccc(S(=O)(=O)N2CCOC3(CCCC3)C2)cc1. The van der Waals surface area contributed by atoms with Crippen LogP contribution in [0.2, 0.25) is 0 Å². The summed E-state index contributed by atoms with van der Waals surface area (Å²) in [5.41, 5.74) is 5.93. The summed E-state index contributed by atoms with van der Waals surface area (Å²) in [6.45, 7) is 1.38. The molecule has 5 nitrogen and oxygen atoms in total. The predicted molar refractivity (Wildman–Crippen MR) is 76.8 cm³/mol. The number of rotatable bonds is 2. The van der Waals surface area contributed by atoms with Crippen molar-refractivity contribution in [1.29, 1.82) is 0 Å². The Morgan fingerprint density at radius 3 is 2.45 bits per heavy atom. The molecule has 0 unspecified atom stereocenters. The minimum absolute atomic E-state index is 0.251. The zero-order valence-electron chi connectivity index (χ0n) is 11.4. The number of sulfonamides is 1. The van der Waals surface area contributed by atoms with E-state index in [4.69, 9.17) is 10.5 Å². The van der Waals surface area contributed by atoms with E-state index in [0.29, 0.717) is 30.3 Å². The second-order valence-corrected chi connectivity index (χ2v) is 7.58. The molecule has 2 fully saturated rings. The molecule has 1 spiro atoms. The van der Waals surface area contributed by atoms with E-state index in [2.05, 4.69) is 0 Å². The first kappa shape index (κ1) is 13.9. The Morgan fingerprint density at radius 2 is 1.80 bits per heavy atom. The topological polar surface area (TPSA) is 72.6 Å². The monoisotopic (exact) mass is 296 g/mol. The zero-order chi connectivity index (χ0) is 14.2. The molecule has 0 radical (unpaired) electrons. The third kappa shape index (κ3) is 2.43. The van der Waals surface area contributed by atoms with Gasteiger partial charge in [0.05, 0.1) is 17.1 Å². The maximum Gasteiger partial charge on any atom is 0.243 e. The van der Waals surface area contributed by atoms with Gasteiger partial charge in [0.2, 0.25) is 10.0 Å². The summed E-state index contributed by atoms with van der Waals surface area (Å²) < 4.78 is 32.8. The Morgan fingerprint density at radius 1 is 1.15 bits per heavy atom. The summed E-state index contributed by atoms with van der Waals surface area (Å²) in [6, 6.07) is 6.39. The lowest BCUT2D eigenvalue weighted by molar-refractivity contribution is -0.0842. The number of benzene rings is 1. The van der Waals surface area contributed by atoms with Gasteiger partial charge in [-0.25, -0.2) is 8.42 Å². The van der Waals surface area contributed by atoms with Gasteiger partial charge in [-0.05, 0) is 37.1 Å². The van der Waals surface area contributed by atoms with Gasteiger partial charge in [0, 0.05) is 18.8 Å². The Labute approximate surface area is 119 Å². The fourth-order valence-electron chi connectivity index (χ4n) is 3.13. The molecule has 20 heavy (non-hydrogen) atoms. The number of nitrogens with two attached hydrogens (primary N) is 1. The van der Waals surface area contributed by atoms with Gasteiger partial charge in [-0.3, -0.25) is 0 Å². The second kappa shape index (κ2) is 5.02. The smallest absolute Gasteiger partial charge is 0.243 e. The van der Waals surface area contributed by atoms with Crippen LogP contribution >= 0.6 is 0 Å². The van der Waals surface area contributed by atoms with Gasteiger partial charge in [-0.1, -0.05) is 12.8 Å². The van der Waals surface area contributed by atoms with Crippen molar-refractivity contribution in [3.8, 4) is 0 Å². The number of hydrogen-bond acceptors (Lipinski definition) is 4. The van der Waals surface area contributed by atoms with Crippen LogP contribution in [0.4, 0.5) is 5.69 Å². The molecular formula is C14H20N2O3S. The van der Waals surface area contributed by atoms with Gasteiger partial charge in [-0.15, -0.1) is 0 Å². The van der Waals surface area contributed by atoms with E-state index >= 15 is 0 Å². The van der Waals surface area contributed by atoms with Gasteiger partial charge in [0.1, 0.15) is 0 Å². The summed E-state index contributed by atoms with van der Waals surface area (Å²) in [7, 11) is -3.44. The first-order valence-corrected chi connectivity index (χ1v) is 8.46. The van der Waals surface area contributed by atoms with Gasteiger partial charge in [0.25, 0.3) is 0 Å². The molecule has 1 aromatic carbocycles. The maximum atomic E-state index is 12.7. The van der Waals surface area contributed by atoms with E-state index < -0.39 is 10.0 Å². The van der Waals surface area contributed by atoms with Crippen LogP contribution in [0.3, 0.4) is 0 Å². The average molecular weight is 296 g/mol. The molecule has 2 N–H and O–H groups in total. The van der Waals surface area contributed by atoms with E-state index in [-0.39, 0.29) is 5.60 Å². The molecule has 0 bridgehead atoms. The minimum atomic E-state index is -3.44. The zero-order valence-corrected chi connectivity index (χ0v) is 12.2. The number of morpholine rings is 1. The Hall–Kier alpha value is -1.11. The fraction of sp³-hybridized carbons (Fsp3) is 0.571. The number of anilines is 1. The van der Waals surface area contributed by atoms with Crippen molar-refractivity contribution in [3.63, 3.8) is 0 Å². The van der Waals surface area contributed by atoms with Gasteiger partial charge in [0.15, 0.2) is 0 Å². The molecule has 2 aliphatic rings. The van der Waals surface area contributed by atoms with Crippen molar-refractivity contribution in [2.75, 3.05) is 25.4 Å². The van der Waals surface area contributed by atoms with Crippen LogP contribution in [-0.4, -0.2) is 38.0 Å². The second-order valence-electron chi connectivity index (χ2n) is 5.65. The highest BCUT2D eigenvalue weighted by Gasteiger charge is 2.42. The van der Waals surface area contributed by atoms with Crippen LogP contribution in [0.25, 0.3) is 0 Å². The fourth-order valence-corrected chi connectivity index (χ4v) is 4.62. The lowest BCUT2D eigenvalue weighted by Gasteiger charge is -2.39. The minimum Gasteiger partial charge on any atom is -0.399 e. The normalized spacial score (nSPS) is 23.2. The first-order chi connectivity index (χ1) is 9.52. The van der Waals surface area contributed by atoms with E-state index in [1.54, 1.807) is 28.6 Å². The molecule has 1 saturated heterocycles. The highest BCUT2D eigenvalue weighted by atomic mass is 32.2. The van der Waals surface area contributed by atoms with E-state index in [0.717, 1.165) is 25.7 Å². The third-order valence-corrected chi connectivity index (χ3v) is 6.11. The predicted octanol–water partition coefficient (Wildman–Crippen LogP) is 1.60.